The van der Waals surface area contributed by atoms with Gasteiger partial charge in [0.15, 0.2) is 0 Å². The van der Waals surface area contributed by atoms with Crippen molar-refractivity contribution in [3.63, 3.8) is 0 Å². The molecule has 2 nitrogen and oxygen atoms in total. The molecule has 20 heavy (non-hydrogen) atoms. The standard InChI is InChI=1S/C18H33NO/c1-4-16-11-6-9-15(3)10-7-13-17(5-2)18(20)19-14-8-12-16/h10,16-17H,4-9,11-14H2,1-3H3,(H,19,20)/b15-10-/t16-,17+/m0/s1. The Morgan fingerprint density at radius 2 is 1.90 bits per heavy atom. The normalized spacial score (nSPS) is 29.9. The summed E-state index contributed by atoms with van der Waals surface area (Å²) in [6.45, 7) is 7.52. The van der Waals surface area contributed by atoms with E-state index in [2.05, 4.69) is 32.2 Å². The fourth-order valence-corrected chi connectivity index (χ4v) is 3.12. The molecular formula is C18H33NO. The van der Waals surface area contributed by atoms with E-state index in [0.29, 0.717) is 0 Å². The van der Waals surface area contributed by atoms with Crippen LogP contribution in [0.5, 0.6) is 0 Å². The molecule has 0 radical (unpaired) electrons. The molecular weight excluding hydrogens is 246 g/mol. The van der Waals surface area contributed by atoms with Crippen LogP contribution >= 0.6 is 0 Å². The summed E-state index contributed by atoms with van der Waals surface area (Å²) in [7, 11) is 0. The molecule has 1 heterocycles. The second kappa shape index (κ2) is 10.0. The van der Waals surface area contributed by atoms with Crippen molar-refractivity contribution in [1.82, 2.24) is 5.32 Å². The van der Waals surface area contributed by atoms with Gasteiger partial charge in [0.1, 0.15) is 0 Å². The predicted octanol–water partition coefficient (Wildman–Crippen LogP) is 4.85. The average Bonchev–Trinajstić information content (AvgIpc) is 2.45. The summed E-state index contributed by atoms with van der Waals surface area (Å²) in [5.74, 6) is 1.30. The van der Waals surface area contributed by atoms with Crippen molar-refractivity contribution in [3.8, 4) is 0 Å². The lowest BCUT2D eigenvalue weighted by molar-refractivity contribution is -0.125. The van der Waals surface area contributed by atoms with Crippen LogP contribution in [0.3, 0.4) is 0 Å². The number of hydrogen-bond acceptors (Lipinski definition) is 1. The smallest absolute Gasteiger partial charge is 0.223 e. The zero-order valence-electron chi connectivity index (χ0n) is 13.7. The molecule has 0 aliphatic carbocycles. The van der Waals surface area contributed by atoms with Crippen molar-refractivity contribution in [2.45, 2.75) is 78.6 Å². The largest absolute Gasteiger partial charge is 0.356 e. The summed E-state index contributed by atoms with van der Waals surface area (Å²) in [6, 6.07) is 0. The number of nitrogens with one attached hydrogen (secondary N) is 1. The van der Waals surface area contributed by atoms with Crippen LogP contribution in [0.4, 0.5) is 0 Å². The minimum absolute atomic E-state index is 0.198. The maximum Gasteiger partial charge on any atom is 0.223 e. The number of rotatable bonds is 2. The number of amides is 1. The Morgan fingerprint density at radius 1 is 1.15 bits per heavy atom. The molecule has 2 atom stereocenters. The topological polar surface area (TPSA) is 29.1 Å². The van der Waals surface area contributed by atoms with E-state index in [-0.39, 0.29) is 11.8 Å². The summed E-state index contributed by atoms with van der Waals surface area (Å²) in [6.07, 6.45) is 12.9. The first-order valence-electron chi connectivity index (χ1n) is 8.60. The highest BCUT2D eigenvalue weighted by atomic mass is 16.1. The molecule has 0 spiro atoms. The fourth-order valence-electron chi connectivity index (χ4n) is 3.12. The van der Waals surface area contributed by atoms with Crippen molar-refractivity contribution in [3.05, 3.63) is 11.6 Å². The highest BCUT2D eigenvalue weighted by Crippen LogP contribution is 2.21. The maximum absolute atomic E-state index is 12.1. The maximum atomic E-state index is 12.1. The summed E-state index contributed by atoms with van der Waals surface area (Å²) in [5.41, 5.74) is 1.51. The van der Waals surface area contributed by atoms with Crippen molar-refractivity contribution in [1.29, 1.82) is 0 Å². The Kier molecular flexibility index (Phi) is 8.64. The lowest BCUT2D eigenvalue weighted by Crippen LogP contribution is -2.31. The van der Waals surface area contributed by atoms with Crippen molar-refractivity contribution in [2.75, 3.05) is 6.54 Å². The summed E-state index contributed by atoms with van der Waals surface area (Å²) in [4.78, 5) is 12.1. The molecule has 0 saturated carbocycles. The highest BCUT2D eigenvalue weighted by Gasteiger charge is 2.15. The van der Waals surface area contributed by atoms with Crippen molar-refractivity contribution < 1.29 is 4.79 Å². The number of carbonyl (C=O) groups is 1. The summed E-state index contributed by atoms with van der Waals surface area (Å²) < 4.78 is 0. The van der Waals surface area contributed by atoms with Gasteiger partial charge in [-0.25, -0.2) is 0 Å². The van der Waals surface area contributed by atoms with Crippen LogP contribution in [0.25, 0.3) is 0 Å². The number of allylic oxidation sites excluding steroid dienone is 2. The lowest BCUT2D eigenvalue weighted by Gasteiger charge is -2.18. The molecule has 1 rings (SSSR count). The van der Waals surface area contributed by atoms with Crippen LogP contribution < -0.4 is 5.32 Å². The van der Waals surface area contributed by atoms with Crippen LogP contribution in [0.2, 0.25) is 0 Å². The van der Waals surface area contributed by atoms with E-state index in [9.17, 15) is 4.79 Å². The van der Waals surface area contributed by atoms with E-state index >= 15 is 0 Å². The van der Waals surface area contributed by atoms with E-state index in [1.807, 2.05) is 0 Å². The fraction of sp³-hybridized carbons (Fsp3) is 0.833. The molecule has 1 aliphatic heterocycles. The molecule has 1 amide bonds. The second-order valence-corrected chi connectivity index (χ2v) is 6.33. The van der Waals surface area contributed by atoms with E-state index in [1.165, 1.54) is 37.7 Å². The number of hydrogen-bond donors (Lipinski definition) is 1. The third kappa shape index (κ3) is 6.58. The average molecular weight is 279 g/mol. The van der Waals surface area contributed by atoms with Gasteiger partial charge in [-0.3, -0.25) is 4.79 Å². The molecule has 116 valence electrons. The quantitative estimate of drug-likeness (QED) is 0.720. The van der Waals surface area contributed by atoms with Crippen LogP contribution in [-0.2, 0) is 4.79 Å². The van der Waals surface area contributed by atoms with Gasteiger partial charge in [-0.2, -0.15) is 0 Å². The van der Waals surface area contributed by atoms with Gasteiger partial charge in [-0.05, 0) is 57.8 Å². The van der Waals surface area contributed by atoms with E-state index in [1.54, 1.807) is 0 Å². The Labute approximate surface area is 125 Å². The molecule has 1 aliphatic rings. The van der Waals surface area contributed by atoms with Gasteiger partial charge in [0.25, 0.3) is 0 Å². The minimum Gasteiger partial charge on any atom is -0.356 e. The predicted molar refractivity (Wildman–Crippen MR) is 86.6 cm³/mol. The first kappa shape index (κ1) is 17.3. The first-order valence-corrected chi connectivity index (χ1v) is 8.60. The molecule has 0 fully saturated rings. The minimum atomic E-state index is 0.198. The van der Waals surface area contributed by atoms with Gasteiger partial charge in [-0.15, -0.1) is 0 Å². The van der Waals surface area contributed by atoms with Crippen LogP contribution in [-0.4, -0.2) is 12.5 Å². The summed E-state index contributed by atoms with van der Waals surface area (Å²) >= 11 is 0. The Balaban J connectivity index is 2.58. The van der Waals surface area contributed by atoms with Crippen molar-refractivity contribution in [2.24, 2.45) is 11.8 Å². The Bertz CT molecular complexity index is 309. The zero-order chi connectivity index (χ0) is 14.8. The molecule has 1 N–H and O–H groups in total. The van der Waals surface area contributed by atoms with Gasteiger partial charge in [0, 0.05) is 12.5 Å². The first-order chi connectivity index (χ1) is 9.67. The van der Waals surface area contributed by atoms with Gasteiger partial charge >= 0.3 is 0 Å². The third-order valence-electron chi connectivity index (χ3n) is 4.72. The third-order valence-corrected chi connectivity index (χ3v) is 4.72. The zero-order valence-corrected chi connectivity index (χ0v) is 13.7. The molecule has 0 saturated heterocycles. The highest BCUT2D eigenvalue weighted by molar-refractivity contribution is 5.78. The monoisotopic (exact) mass is 279 g/mol. The molecule has 0 aromatic heterocycles. The Hall–Kier alpha value is -0.790. The molecule has 0 bridgehead atoms. The SMILES string of the molecule is CC[C@@H]1CCCNC(=O)[C@H](CC)CC/C=C(/C)CCC1. The van der Waals surface area contributed by atoms with Gasteiger partial charge in [0.2, 0.25) is 5.91 Å². The van der Waals surface area contributed by atoms with E-state index in [4.69, 9.17) is 0 Å². The molecule has 0 aromatic rings. The van der Waals surface area contributed by atoms with Gasteiger partial charge < -0.3 is 5.32 Å². The van der Waals surface area contributed by atoms with Crippen LogP contribution in [0, 0.1) is 11.8 Å². The van der Waals surface area contributed by atoms with Gasteiger partial charge in [-0.1, -0.05) is 38.3 Å². The second-order valence-electron chi connectivity index (χ2n) is 6.33. The molecule has 0 unspecified atom stereocenters. The van der Waals surface area contributed by atoms with Crippen LogP contribution in [0.1, 0.15) is 78.6 Å². The Morgan fingerprint density at radius 3 is 2.60 bits per heavy atom. The number of carbonyl (C=O) groups excluding carboxylic acids is 1. The van der Waals surface area contributed by atoms with Crippen molar-refractivity contribution >= 4 is 5.91 Å². The summed E-state index contributed by atoms with van der Waals surface area (Å²) in [5, 5.41) is 3.13. The lowest BCUT2D eigenvalue weighted by atomic mass is 9.92. The molecule has 0 aromatic carbocycles. The van der Waals surface area contributed by atoms with Crippen LogP contribution in [0.15, 0.2) is 11.6 Å². The van der Waals surface area contributed by atoms with E-state index in [0.717, 1.165) is 38.1 Å². The van der Waals surface area contributed by atoms with E-state index < -0.39 is 0 Å². The van der Waals surface area contributed by atoms with Gasteiger partial charge in [0.05, 0.1) is 0 Å². The molecule has 2 heteroatoms.